The standard InChI is InChI=1S/C27H25N3O2S2/c1-4-29-22-16-20(32-3)14-15-23(22)33-26(29)24-25(31)30(17-19-11-6-5-7-12-19)27(34-24)28-21-13-9-8-10-18(21)2/h5-16H,4,17H2,1-3H3. The van der Waals surface area contributed by atoms with Crippen molar-refractivity contribution in [2.24, 2.45) is 4.99 Å². The summed E-state index contributed by atoms with van der Waals surface area (Å²) >= 11 is 3.09. The van der Waals surface area contributed by atoms with E-state index in [2.05, 4.69) is 17.9 Å². The number of thioether (sulfide) groups is 2. The van der Waals surface area contributed by atoms with Gasteiger partial charge in [0, 0.05) is 17.5 Å². The predicted molar refractivity (Wildman–Crippen MR) is 142 cm³/mol. The molecule has 0 spiro atoms. The van der Waals surface area contributed by atoms with Crippen LogP contribution >= 0.6 is 23.5 Å². The Hall–Kier alpha value is -3.16. The Morgan fingerprint density at radius 2 is 1.71 bits per heavy atom. The molecule has 1 amide bonds. The average molecular weight is 488 g/mol. The highest BCUT2D eigenvalue weighted by molar-refractivity contribution is 8.19. The molecular weight excluding hydrogens is 462 g/mol. The molecular formula is C27H25N3O2S2. The average Bonchev–Trinajstić information content (AvgIpc) is 3.37. The Labute approximate surface area is 208 Å². The van der Waals surface area contributed by atoms with Crippen molar-refractivity contribution in [1.82, 2.24) is 4.90 Å². The molecule has 2 heterocycles. The molecule has 5 rings (SSSR count). The fraction of sp³-hybridized carbons (Fsp3) is 0.185. The maximum absolute atomic E-state index is 13.8. The first-order chi connectivity index (χ1) is 16.6. The normalized spacial score (nSPS) is 18.7. The van der Waals surface area contributed by atoms with Gasteiger partial charge in [-0.15, -0.1) is 0 Å². The van der Waals surface area contributed by atoms with Gasteiger partial charge in [-0.05, 0) is 54.9 Å². The topological polar surface area (TPSA) is 45.1 Å². The van der Waals surface area contributed by atoms with Gasteiger partial charge in [0.2, 0.25) is 0 Å². The van der Waals surface area contributed by atoms with Crippen molar-refractivity contribution >= 4 is 46.0 Å². The molecule has 3 aromatic rings. The largest absolute Gasteiger partial charge is 0.497 e. The molecule has 1 fully saturated rings. The number of aliphatic imine (C=N–C) groups is 1. The van der Waals surface area contributed by atoms with Crippen molar-refractivity contribution < 1.29 is 9.53 Å². The highest BCUT2D eigenvalue weighted by Crippen LogP contribution is 2.51. The summed E-state index contributed by atoms with van der Waals surface area (Å²) in [6.45, 7) is 5.37. The van der Waals surface area contributed by atoms with Crippen LogP contribution in [0.1, 0.15) is 18.1 Å². The summed E-state index contributed by atoms with van der Waals surface area (Å²) in [5, 5.41) is 1.66. The Bertz CT molecular complexity index is 1300. The summed E-state index contributed by atoms with van der Waals surface area (Å²) in [5.74, 6) is 0.795. The van der Waals surface area contributed by atoms with Crippen molar-refractivity contribution in [1.29, 1.82) is 0 Å². The molecule has 0 aromatic heterocycles. The molecule has 172 valence electrons. The lowest BCUT2D eigenvalue weighted by atomic mass is 10.2. The molecule has 0 saturated carbocycles. The van der Waals surface area contributed by atoms with Crippen molar-refractivity contribution in [3.05, 3.63) is 93.9 Å². The third-order valence-electron chi connectivity index (χ3n) is 5.80. The van der Waals surface area contributed by atoms with E-state index in [4.69, 9.17) is 9.73 Å². The Balaban J connectivity index is 1.58. The maximum atomic E-state index is 13.8. The first kappa shape index (κ1) is 22.6. The van der Waals surface area contributed by atoms with Gasteiger partial charge in [-0.2, -0.15) is 0 Å². The minimum atomic E-state index is -0.0121. The number of carbonyl (C=O) groups is 1. The van der Waals surface area contributed by atoms with E-state index in [1.807, 2.05) is 73.7 Å². The number of methoxy groups -OCH3 is 1. The van der Waals surface area contributed by atoms with Crippen molar-refractivity contribution in [3.63, 3.8) is 0 Å². The number of fused-ring (bicyclic) bond motifs is 1. The third-order valence-corrected chi connectivity index (χ3v) is 8.18. The number of rotatable bonds is 5. The summed E-state index contributed by atoms with van der Waals surface area (Å²) in [6, 6.07) is 24.1. The van der Waals surface area contributed by atoms with Gasteiger partial charge in [0.1, 0.15) is 15.7 Å². The minimum Gasteiger partial charge on any atom is -0.497 e. The van der Waals surface area contributed by atoms with Gasteiger partial charge in [0.15, 0.2) is 5.17 Å². The zero-order valence-electron chi connectivity index (χ0n) is 19.3. The first-order valence-corrected chi connectivity index (χ1v) is 12.8. The lowest BCUT2D eigenvalue weighted by Gasteiger charge is -2.19. The molecule has 0 aliphatic carbocycles. The molecule has 2 aliphatic heterocycles. The molecule has 0 radical (unpaired) electrons. The van der Waals surface area contributed by atoms with Crippen LogP contribution in [0.5, 0.6) is 5.75 Å². The van der Waals surface area contributed by atoms with E-state index in [9.17, 15) is 4.79 Å². The second kappa shape index (κ2) is 9.60. The van der Waals surface area contributed by atoms with E-state index >= 15 is 0 Å². The molecule has 34 heavy (non-hydrogen) atoms. The quantitative estimate of drug-likeness (QED) is 0.381. The first-order valence-electron chi connectivity index (χ1n) is 11.1. The molecule has 7 heteroatoms. The molecule has 0 unspecified atom stereocenters. The number of para-hydroxylation sites is 1. The molecule has 5 nitrogen and oxygen atoms in total. The zero-order valence-corrected chi connectivity index (χ0v) is 21.0. The van der Waals surface area contributed by atoms with E-state index in [1.54, 1.807) is 23.8 Å². The van der Waals surface area contributed by atoms with Crippen LogP contribution in [-0.4, -0.2) is 29.6 Å². The smallest absolute Gasteiger partial charge is 0.269 e. The van der Waals surface area contributed by atoms with Crippen molar-refractivity contribution in [3.8, 4) is 5.75 Å². The molecule has 0 atom stereocenters. The van der Waals surface area contributed by atoms with Crippen LogP contribution in [-0.2, 0) is 11.3 Å². The van der Waals surface area contributed by atoms with Gasteiger partial charge in [0.25, 0.3) is 5.91 Å². The fourth-order valence-corrected chi connectivity index (χ4v) is 6.35. The monoisotopic (exact) mass is 487 g/mol. The number of amides is 1. The van der Waals surface area contributed by atoms with Crippen LogP contribution in [0.3, 0.4) is 0 Å². The Kier molecular flexibility index (Phi) is 6.39. The number of hydrogen-bond acceptors (Lipinski definition) is 6. The SMILES string of the molecule is CCN1C(=C2SC(=Nc3ccccc3C)N(Cc3ccccc3)C2=O)Sc2ccc(OC)cc21. The highest BCUT2D eigenvalue weighted by atomic mass is 32.2. The lowest BCUT2D eigenvalue weighted by molar-refractivity contribution is -0.122. The Morgan fingerprint density at radius 1 is 0.941 bits per heavy atom. The summed E-state index contributed by atoms with van der Waals surface area (Å²) in [5.41, 5.74) is 4.09. The molecule has 2 aliphatic rings. The van der Waals surface area contributed by atoms with E-state index in [1.165, 1.54) is 11.8 Å². The number of benzene rings is 3. The van der Waals surface area contributed by atoms with Crippen molar-refractivity contribution in [2.45, 2.75) is 25.3 Å². The number of ether oxygens (including phenoxy) is 1. The molecule has 0 N–H and O–H groups in total. The molecule has 0 bridgehead atoms. The van der Waals surface area contributed by atoms with Gasteiger partial charge < -0.3 is 9.64 Å². The van der Waals surface area contributed by atoms with Crippen molar-refractivity contribution in [2.75, 3.05) is 18.6 Å². The summed E-state index contributed by atoms with van der Waals surface area (Å²) in [7, 11) is 1.67. The van der Waals surface area contributed by atoms with Gasteiger partial charge in [-0.1, -0.05) is 60.3 Å². The number of aryl methyl sites for hydroxylation is 1. The summed E-state index contributed by atoms with van der Waals surface area (Å²) < 4.78 is 5.44. The van der Waals surface area contributed by atoms with Crippen LogP contribution in [0.4, 0.5) is 11.4 Å². The van der Waals surface area contributed by atoms with E-state index in [0.717, 1.165) is 44.7 Å². The Morgan fingerprint density at radius 3 is 2.44 bits per heavy atom. The van der Waals surface area contributed by atoms with Gasteiger partial charge >= 0.3 is 0 Å². The van der Waals surface area contributed by atoms with Crippen LogP contribution in [0.15, 0.2) is 92.6 Å². The van der Waals surface area contributed by atoms with E-state index in [0.29, 0.717) is 16.6 Å². The maximum Gasteiger partial charge on any atom is 0.269 e. The van der Waals surface area contributed by atoms with E-state index < -0.39 is 0 Å². The zero-order chi connectivity index (χ0) is 23.7. The fourth-order valence-electron chi connectivity index (χ4n) is 3.99. The predicted octanol–water partition coefficient (Wildman–Crippen LogP) is 6.57. The second-order valence-electron chi connectivity index (χ2n) is 7.97. The second-order valence-corrected chi connectivity index (χ2v) is 9.98. The lowest BCUT2D eigenvalue weighted by Crippen LogP contribution is -2.29. The number of amidine groups is 1. The molecule has 1 saturated heterocycles. The number of hydrogen-bond donors (Lipinski definition) is 0. The summed E-state index contributed by atoms with van der Waals surface area (Å²) in [6.07, 6.45) is 0. The minimum absolute atomic E-state index is 0.0121. The molecule has 3 aromatic carbocycles. The van der Waals surface area contributed by atoms with Crippen LogP contribution in [0, 0.1) is 6.92 Å². The third kappa shape index (κ3) is 4.21. The number of anilines is 1. The van der Waals surface area contributed by atoms with Crippen LogP contribution in [0.2, 0.25) is 0 Å². The van der Waals surface area contributed by atoms with Crippen LogP contribution < -0.4 is 9.64 Å². The summed E-state index contributed by atoms with van der Waals surface area (Å²) in [4.78, 5) is 24.6. The van der Waals surface area contributed by atoms with Gasteiger partial charge in [-0.25, -0.2) is 4.99 Å². The highest BCUT2D eigenvalue weighted by Gasteiger charge is 2.39. The number of carbonyl (C=O) groups excluding carboxylic acids is 1. The van der Waals surface area contributed by atoms with Crippen LogP contribution in [0.25, 0.3) is 0 Å². The van der Waals surface area contributed by atoms with Gasteiger partial charge in [-0.3, -0.25) is 9.69 Å². The number of nitrogens with zero attached hydrogens (tertiary/aromatic N) is 3. The van der Waals surface area contributed by atoms with E-state index in [-0.39, 0.29) is 5.91 Å². The van der Waals surface area contributed by atoms with Gasteiger partial charge in [0.05, 0.1) is 25.0 Å².